The molecule has 0 fully saturated rings. The number of aromatic amines is 2. The van der Waals surface area contributed by atoms with Gasteiger partial charge in [0.2, 0.25) is 5.95 Å². The van der Waals surface area contributed by atoms with Gasteiger partial charge < -0.3 is 20.2 Å². The Hall–Kier alpha value is -2.83. The van der Waals surface area contributed by atoms with E-state index >= 15 is 0 Å². The fraction of sp³-hybridized carbons (Fsp3) is 0.267. The van der Waals surface area contributed by atoms with Crippen LogP contribution in [0.1, 0.15) is 11.3 Å². The molecule has 0 bridgehead atoms. The van der Waals surface area contributed by atoms with Crippen molar-refractivity contribution in [3.05, 3.63) is 46.0 Å². The second-order valence-corrected chi connectivity index (χ2v) is 5.40. The van der Waals surface area contributed by atoms with Crippen molar-refractivity contribution >= 4 is 22.8 Å². The molecule has 0 atom stereocenters. The maximum atomic E-state index is 11.3. The Morgan fingerprint density at radius 1 is 1.14 bits per heavy atom. The van der Waals surface area contributed by atoms with Crippen molar-refractivity contribution in [3.63, 3.8) is 0 Å². The molecule has 114 valence electrons. The number of nitrogens with zero attached hydrogens (tertiary/aromatic N) is 3. The molecule has 2 aromatic heterocycles. The van der Waals surface area contributed by atoms with Crippen molar-refractivity contribution in [1.82, 2.24) is 19.9 Å². The molecular weight excluding hydrogens is 280 g/mol. The first-order valence-electron chi connectivity index (χ1n) is 6.99. The number of anilines is 2. The molecule has 22 heavy (non-hydrogen) atoms. The molecule has 0 spiro atoms. The summed E-state index contributed by atoms with van der Waals surface area (Å²) in [5.74, 6) is 1.45. The van der Waals surface area contributed by atoms with E-state index in [1.807, 2.05) is 50.2 Å². The lowest BCUT2D eigenvalue weighted by atomic mass is 10.2. The first-order valence-corrected chi connectivity index (χ1v) is 6.99. The summed E-state index contributed by atoms with van der Waals surface area (Å²) < 4.78 is 0. The largest absolute Gasteiger partial charge is 0.366 e. The van der Waals surface area contributed by atoms with Gasteiger partial charge in [-0.1, -0.05) is 6.07 Å². The Balaban J connectivity index is 1.79. The van der Waals surface area contributed by atoms with E-state index in [-0.39, 0.29) is 5.69 Å². The van der Waals surface area contributed by atoms with Crippen LogP contribution >= 0.6 is 0 Å². The van der Waals surface area contributed by atoms with E-state index in [1.54, 1.807) is 0 Å². The number of benzene rings is 1. The first kappa shape index (κ1) is 14.1. The smallest absolute Gasteiger partial charge is 0.323 e. The molecule has 1 aromatic carbocycles. The third-order valence-electron chi connectivity index (χ3n) is 3.30. The Kier molecular flexibility index (Phi) is 3.54. The summed E-state index contributed by atoms with van der Waals surface area (Å²) in [6, 6.07) is 7.71. The number of H-pyrrole nitrogens is 2. The highest BCUT2D eigenvalue weighted by molar-refractivity contribution is 5.75. The van der Waals surface area contributed by atoms with Crippen LogP contribution in [0, 0.1) is 6.92 Å². The van der Waals surface area contributed by atoms with Gasteiger partial charge in [-0.05, 0) is 24.6 Å². The van der Waals surface area contributed by atoms with E-state index in [1.165, 1.54) is 0 Å². The first-order chi connectivity index (χ1) is 10.5. The molecule has 3 N–H and O–H groups in total. The minimum absolute atomic E-state index is 0.192. The number of imidazole rings is 1. The van der Waals surface area contributed by atoms with E-state index < -0.39 is 0 Å². The Bertz CT molecular complexity index is 864. The van der Waals surface area contributed by atoms with Crippen LogP contribution in [0.15, 0.2) is 29.1 Å². The van der Waals surface area contributed by atoms with Gasteiger partial charge in [-0.2, -0.15) is 4.98 Å². The molecule has 0 radical (unpaired) electrons. The van der Waals surface area contributed by atoms with Crippen molar-refractivity contribution in [2.24, 2.45) is 0 Å². The normalized spacial score (nSPS) is 10.9. The number of nitrogens with one attached hydrogen (secondary N) is 3. The molecule has 0 saturated heterocycles. The molecule has 0 aliphatic carbocycles. The number of aryl methyl sites for hydroxylation is 1. The highest BCUT2D eigenvalue weighted by Gasteiger charge is 2.05. The second kappa shape index (κ2) is 5.51. The molecule has 3 rings (SSSR count). The van der Waals surface area contributed by atoms with Gasteiger partial charge in [0, 0.05) is 32.4 Å². The Morgan fingerprint density at radius 3 is 2.68 bits per heavy atom. The highest BCUT2D eigenvalue weighted by Crippen LogP contribution is 2.14. The zero-order valence-corrected chi connectivity index (χ0v) is 12.8. The predicted octanol–water partition coefficient (Wildman–Crippen LogP) is 1.63. The van der Waals surface area contributed by atoms with Gasteiger partial charge in [0.05, 0.1) is 11.0 Å². The maximum Gasteiger partial charge on any atom is 0.323 e. The zero-order chi connectivity index (χ0) is 15.7. The molecule has 7 heteroatoms. The number of rotatable bonds is 4. The molecule has 7 nitrogen and oxygen atoms in total. The van der Waals surface area contributed by atoms with Crippen LogP contribution in [-0.2, 0) is 6.54 Å². The van der Waals surface area contributed by atoms with Crippen LogP contribution in [0.5, 0.6) is 0 Å². The average molecular weight is 298 g/mol. The quantitative estimate of drug-likeness (QED) is 0.681. The van der Waals surface area contributed by atoms with Gasteiger partial charge in [0.15, 0.2) is 0 Å². The van der Waals surface area contributed by atoms with E-state index in [2.05, 4.69) is 25.3 Å². The van der Waals surface area contributed by atoms with Gasteiger partial charge in [-0.25, -0.2) is 9.78 Å². The number of hydrogen-bond donors (Lipinski definition) is 3. The van der Waals surface area contributed by atoms with Gasteiger partial charge in [-0.15, -0.1) is 0 Å². The lowest BCUT2D eigenvalue weighted by Crippen LogP contribution is -2.14. The molecule has 0 aliphatic rings. The zero-order valence-electron chi connectivity index (χ0n) is 12.8. The van der Waals surface area contributed by atoms with Crippen molar-refractivity contribution in [2.75, 3.05) is 24.3 Å². The Morgan fingerprint density at radius 2 is 1.91 bits per heavy atom. The van der Waals surface area contributed by atoms with E-state index in [9.17, 15) is 4.79 Å². The maximum absolute atomic E-state index is 11.3. The van der Waals surface area contributed by atoms with E-state index in [4.69, 9.17) is 0 Å². The van der Waals surface area contributed by atoms with Crippen LogP contribution in [0.25, 0.3) is 11.0 Å². The van der Waals surface area contributed by atoms with Crippen molar-refractivity contribution in [1.29, 1.82) is 0 Å². The van der Waals surface area contributed by atoms with E-state index in [0.717, 1.165) is 28.1 Å². The summed E-state index contributed by atoms with van der Waals surface area (Å²) in [5, 5.41) is 3.29. The lowest BCUT2D eigenvalue weighted by molar-refractivity contribution is 0.968. The standard InChI is InChI=1S/C15H18N6O/c1-9-6-13(20-14(17-9)21(2)3)16-8-10-4-5-11-12(7-10)19-15(22)18-11/h4-7H,8H2,1-3H3,(H,16,17,20)(H2,18,19,22). The van der Waals surface area contributed by atoms with Crippen LogP contribution in [0.2, 0.25) is 0 Å². The second-order valence-electron chi connectivity index (χ2n) is 5.40. The fourth-order valence-electron chi connectivity index (χ4n) is 2.23. The SMILES string of the molecule is Cc1cc(NCc2ccc3[nH]c(=O)[nH]c3c2)nc(N(C)C)n1. The fourth-order valence-corrected chi connectivity index (χ4v) is 2.23. The molecular formula is C15H18N6O. The van der Waals surface area contributed by atoms with Gasteiger partial charge in [0.25, 0.3) is 0 Å². The summed E-state index contributed by atoms with van der Waals surface area (Å²) in [7, 11) is 3.82. The monoisotopic (exact) mass is 298 g/mol. The molecule has 2 heterocycles. The molecule has 0 amide bonds. The van der Waals surface area contributed by atoms with Crippen molar-refractivity contribution in [3.8, 4) is 0 Å². The third-order valence-corrected chi connectivity index (χ3v) is 3.30. The highest BCUT2D eigenvalue weighted by atomic mass is 16.1. The van der Waals surface area contributed by atoms with Gasteiger partial charge in [0.1, 0.15) is 5.82 Å². The van der Waals surface area contributed by atoms with Crippen LogP contribution < -0.4 is 15.9 Å². The average Bonchev–Trinajstić information content (AvgIpc) is 2.83. The topological polar surface area (TPSA) is 89.7 Å². The van der Waals surface area contributed by atoms with Crippen LogP contribution in [0.3, 0.4) is 0 Å². The number of fused-ring (bicyclic) bond motifs is 1. The summed E-state index contributed by atoms with van der Waals surface area (Å²) in [4.78, 5) is 27.4. The summed E-state index contributed by atoms with van der Waals surface area (Å²) in [6.45, 7) is 2.56. The number of aromatic nitrogens is 4. The summed E-state index contributed by atoms with van der Waals surface area (Å²) >= 11 is 0. The lowest BCUT2D eigenvalue weighted by Gasteiger charge is -2.13. The minimum Gasteiger partial charge on any atom is -0.366 e. The van der Waals surface area contributed by atoms with Crippen molar-refractivity contribution in [2.45, 2.75) is 13.5 Å². The molecule has 0 saturated carbocycles. The van der Waals surface area contributed by atoms with E-state index in [0.29, 0.717) is 12.5 Å². The van der Waals surface area contributed by atoms with Crippen molar-refractivity contribution < 1.29 is 0 Å². The number of hydrogen-bond acceptors (Lipinski definition) is 5. The third kappa shape index (κ3) is 2.93. The Labute approximate surface area is 127 Å². The van der Waals surface area contributed by atoms with Crippen LogP contribution in [0.4, 0.5) is 11.8 Å². The molecule has 3 aromatic rings. The van der Waals surface area contributed by atoms with Gasteiger partial charge >= 0.3 is 5.69 Å². The molecule has 0 unspecified atom stereocenters. The van der Waals surface area contributed by atoms with Gasteiger partial charge in [-0.3, -0.25) is 0 Å². The minimum atomic E-state index is -0.192. The van der Waals surface area contributed by atoms with Crippen LogP contribution in [-0.4, -0.2) is 34.0 Å². The summed E-state index contributed by atoms with van der Waals surface area (Å²) in [5.41, 5.74) is 3.39. The predicted molar refractivity (Wildman–Crippen MR) is 87.3 cm³/mol. The molecule has 0 aliphatic heterocycles. The summed E-state index contributed by atoms with van der Waals surface area (Å²) in [6.07, 6.45) is 0.